The summed E-state index contributed by atoms with van der Waals surface area (Å²) in [4.78, 5) is 18.2. The molecule has 0 saturated carbocycles. The van der Waals surface area contributed by atoms with Crippen LogP contribution in [0.4, 0.5) is 0 Å². The molecular weight excluding hydrogens is 332 g/mol. The van der Waals surface area contributed by atoms with Crippen LogP contribution in [0.1, 0.15) is 22.3 Å². The van der Waals surface area contributed by atoms with Crippen molar-refractivity contribution in [1.29, 1.82) is 0 Å². The van der Waals surface area contributed by atoms with Crippen LogP contribution in [-0.2, 0) is 16.0 Å². The van der Waals surface area contributed by atoms with Crippen molar-refractivity contribution in [2.75, 3.05) is 54.1 Å². The molecule has 0 aromatic heterocycles. The van der Waals surface area contributed by atoms with Gasteiger partial charge < -0.3 is 25.0 Å². The number of likely N-dealkylation sites (tertiary alicyclic amines) is 1. The molecule has 0 bridgehead atoms. The molecule has 0 aliphatic carbocycles. The quantitative estimate of drug-likeness (QED) is 0.412. The molecule has 1 fully saturated rings. The van der Waals surface area contributed by atoms with Crippen LogP contribution >= 0.6 is 0 Å². The Hall–Kier alpha value is -2.12. The predicted molar refractivity (Wildman–Crippen MR) is 102 cm³/mol. The standard InChI is InChI=1S/C19H30N4O3/c1-20-18(24)17-6-4-15(5-7-17)12-22-19(21-2)23-9-8-16(13-23)14-26-11-10-25-3/h4-7,16H,8-14H2,1-3H3,(H,20,24)(H,21,22). The topological polar surface area (TPSA) is 75.2 Å². The number of aliphatic imine (C=N–C) groups is 1. The van der Waals surface area contributed by atoms with Crippen molar-refractivity contribution in [3.8, 4) is 0 Å². The second-order valence-corrected chi connectivity index (χ2v) is 6.35. The second kappa shape index (κ2) is 10.8. The zero-order valence-electron chi connectivity index (χ0n) is 16.0. The maximum absolute atomic E-state index is 11.6. The minimum absolute atomic E-state index is 0.0730. The molecule has 0 radical (unpaired) electrons. The number of guanidine groups is 1. The van der Waals surface area contributed by atoms with E-state index in [1.54, 1.807) is 21.2 Å². The third-order valence-corrected chi connectivity index (χ3v) is 4.48. The number of hydrogen-bond donors (Lipinski definition) is 2. The van der Waals surface area contributed by atoms with E-state index in [2.05, 4.69) is 20.5 Å². The molecule has 1 saturated heterocycles. The number of benzene rings is 1. The molecule has 0 spiro atoms. The fourth-order valence-electron chi connectivity index (χ4n) is 2.99. The van der Waals surface area contributed by atoms with Crippen molar-refractivity contribution >= 4 is 11.9 Å². The lowest BCUT2D eigenvalue weighted by atomic mass is 10.1. The summed E-state index contributed by atoms with van der Waals surface area (Å²) in [6.45, 7) is 4.64. The fourth-order valence-corrected chi connectivity index (χ4v) is 2.99. The Morgan fingerprint density at radius 1 is 1.31 bits per heavy atom. The van der Waals surface area contributed by atoms with Crippen molar-refractivity contribution in [2.45, 2.75) is 13.0 Å². The Labute approximate surface area is 155 Å². The number of carbonyl (C=O) groups is 1. The van der Waals surface area contributed by atoms with Gasteiger partial charge in [-0.2, -0.15) is 0 Å². The minimum atomic E-state index is -0.0730. The molecule has 1 atom stereocenters. The maximum atomic E-state index is 11.6. The van der Waals surface area contributed by atoms with Crippen molar-refractivity contribution in [3.05, 3.63) is 35.4 Å². The summed E-state index contributed by atoms with van der Waals surface area (Å²) in [5, 5.41) is 6.03. The SMILES string of the molecule is CN=C(NCc1ccc(C(=O)NC)cc1)N1CCC(COCCOC)C1. The lowest BCUT2D eigenvalue weighted by Gasteiger charge is -2.22. The summed E-state index contributed by atoms with van der Waals surface area (Å²) in [6, 6.07) is 7.59. The van der Waals surface area contributed by atoms with E-state index in [-0.39, 0.29) is 5.91 Å². The van der Waals surface area contributed by atoms with E-state index in [9.17, 15) is 4.79 Å². The van der Waals surface area contributed by atoms with Gasteiger partial charge in [-0.1, -0.05) is 12.1 Å². The van der Waals surface area contributed by atoms with Crippen molar-refractivity contribution in [2.24, 2.45) is 10.9 Å². The van der Waals surface area contributed by atoms with E-state index in [1.807, 2.05) is 24.3 Å². The number of amides is 1. The molecule has 1 aromatic carbocycles. The number of rotatable bonds is 8. The smallest absolute Gasteiger partial charge is 0.251 e. The second-order valence-electron chi connectivity index (χ2n) is 6.35. The van der Waals surface area contributed by atoms with E-state index in [1.165, 1.54) is 0 Å². The Balaban J connectivity index is 1.78. The molecule has 1 aliphatic rings. The van der Waals surface area contributed by atoms with E-state index >= 15 is 0 Å². The third kappa shape index (κ3) is 6.00. The molecule has 1 aliphatic heterocycles. The van der Waals surface area contributed by atoms with Crippen molar-refractivity contribution in [3.63, 3.8) is 0 Å². The number of nitrogens with zero attached hydrogens (tertiary/aromatic N) is 2. The van der Waals surface area contributed by atoms with Gasteiger partial charge in [0.1, 0.15) is 0 Å². The molecule has 7 heteroatoms. The molecule has 2 N–H and O–H groups in total. The first-order chi connectivity index (χ1) is 12.7. The van der Waals surface area contributed by atoms with Gasteiger partial charge in [0.15, 0.2) is 5.96 Å². The zero-order valence-corrected chi connectivity index (χ0v) is 16.0. The van der Waals surface area contributed by atoms with Crippen LogP contribution < -0.4 is 10.6 Å². The normalized spacial score (nSPS) is 17.4. The highest BCUT2D eigenvalue weighted by Crippen LogP contribution is 2.16. The highest BCUT2D eigenvalue weighted by molar-refractivity contribution is 5.93. The van der Waals surface area contributed by atoms with Gasteiger partial charge in [-0.15, -0.1) is 0 Å². The Morgan fingerprint density at radius 3 is 2.73 bits per heavy atom. The average molecular weight is 362 g/mol. The summed E-state index contributed by atoms with van der Waals surface area (Å²) in [6.07, 6.45) is 1.11. The van der Waals surface area contributed by atoms with Gasteiger partial charge >= 0.3 is 0 Å². The van der Waals surface area contributed by atoms with Gasteiger partial charge in [-0.3, -0.25) is 9.79 Å². The Bertz CT molecular complexity index is 589. The first kappa shape index (κ1) is 20.2. The van der Waals surface area contributed by atoms with Crippen molar-refractivity contribution < 1.29 is 14.3 Å². The van der Waals surface area contributed by atoms with Crippen LogP contribution in [-0.4, -0.2) is 70.9 Å². The van der Waals surface area contributed by atoms with E-state index in [4.69, 9.17) is 9.47 Å². The number of carbonyl (C=O) groups excluding carboxylic acids is 1. The summed E-state index contributed by atoms with van der Waals surface area (Å²) < 4.78 is 10.6. The Kier molecular flexibility index (Phi) is 8.37. The third-order valence-electron chi connectivity index (χ3n) is 4.48. The molecule has 2 rings (SSSR count). The summed E-state index contributed by atoms with van der Waals surface area (Å²) >= 11 is 0. The van der Waals surface area contributed by atoms with Crippen LogP contribution in [0, 0.1) is 5.92 Å². The molecule has 1 aromatic rings. The predicted octanol–water partition coefficient (Wildman–Crippen LogP) is 1.11. The van der Waals surface area contributed by atoms with Crippen LogP contribution in [0.5, 0.6) is 0 Å². The van der Waals surface area contributed by atoms with Crippen LogP contribution in [0.3, 0.4) is 0 Å². The number of methoxy groups -OCH3 is 1. The summed E-state index contributed by atoms with van der Waals surface area (Å²) in [5.41, 5.74) is 1.77. The number of nitrogens with one attached hydrogen (secondary N) is 2. The van der Waals surface area contributed by atoms with Gasteiger partial charge in [0, 0.05) is 52.3 Å². The van der Waals surface area contributed by atoms with Gasteiger partial charge in [0.05, 0.1) is 19.8 Å². The largest absolute Gasteiger partial charge is 0.382 e. The monoisotopic (exact) mass is 362 g/mol. The lowest BCUT2D eigenvalue weighted by Crippen LogP contribution is -2.39. The fraction of sp³-hybridized carbons (Fsp3) is 0.579. The lowest BCUT2D eigenvalue weighted by molar-refractivity contribution is 0.0536. The molecule has 26 heavy (non-hydrogen) atoms. The van der Waals surface area contributed by atoms with Crippen molar-refractivity contribution in [1.82, 2.24) is 15.5 Å². The first-order valence-corrected chi connectivity index (χ1v) is 9.01. The molecule has 144 valence electrons. The van der Waals surface area contributed by atoms with Crippen LogP contribution in [0.25, 0.3) is 0 Å². The summed E-state index contributed by atoms with van der Waals surface area (Å²) in [7, 11) is 5.12. The van der Waals surface area contributed by atoms with Crippen LogP contribution in [0.2, 0.25) is 0 Å². The Morgan fingerprint density at radius 2 is 2.08 bits per heavy atom. The van der Waals surface area contributed by atoms with E-state index in [0.29, 0.717) is 31.2 Å². The van der Waals surface area contributed by atoms with E-state index in [0.717, 1.165) is 37.6 Å². The molecule has 7 nitrogen and oxygen atoms in total. The first-order valence-electron chi connectivity index (χ1n) is 9.01. The molecule has 1 heterocycles. The van der Waals surface area contributed by atoms with Gasteiger partial charge in [0.25, 0.3) is 5.91 Å². The summed E-state index contributed by atoms with van der Waals surface area (Å²) in [5.74, 6) is 1.35. The number of hydrogen-bond acceptors (Lipinski definition) is 4. The van der Waals surface area contributed by atoms with Gasteiger partial charge in [0.2, 0.25) is 0 Å². The van der Waals surface area contributed by atoms with Gasteiger partial charge in [-0.05, 0) is 24.1 Å². The van der Waals surface area contributed by atoms with E-state index < -0.39 is 0 Å². The zero-order chi connectivity index (χ0) is 18.8. The average Bonchev–Trinajstić information content (AvgIpc) is 3.14. The maximum Gasteiger partial charge on any atom is 0.251 e. The van der Waals surface area contributed by atoms with Gasteiger partial charge in [-0.25, -0.2) is 0 Å². The number of ether oxygens (including phenoxy) is 2. The highest BCUT2D eigenvalue weighted by atomic mass is 16.5. The van der Waals surface area contributed by atoms with Crippen LogP contribution in [0.15, 0.2) is 29.3 Å². The minimum Gasteiger partial charge on any atom is -0.382 e. The highest BCUT2D eigenvalue weighted by Gasteiger charge is 2.24. The molecule has 1 amide bonds. The molecule has 1 unspecified atom stereocenters. The molecular formula is C19H30N4O3.